The number of nitrogens with two attached hydrogens (primary N) is 1. The predicted octanol–water partition coefficient (Wildman–Crippen LogP) is 2.02. The fraction of sp³-hybridized carbons (Fsp3) is 0.500. The molecule has 0 saturated carbocycles. The highest BCUT2D eigenvalue weighted by molar-refractivity contribution is 7.89. The van der Waals surface area contributed by atoms with Crippen molar-refractivity contribution >= 4 is 10.0 Å². The Labute approximate surface area is 128 Å². The van der Waals surface area contributed by atoms with Crippen LogP contribution in [0.25, 0.3) is 0 Å². The van der Waals surface area contributed by atoms with E-state index in [9.17, 15) is 8.42 Å². The van der Waals surface area contributed by atoms with Gasteiger partial charge in [-0.1, -0.05) is 32.6 Å². The van der Waals surface area contributed by atoms with E-state index in [0.717, 1.165) is 17.5 Å². The van der Waals surface area contributed by atoms with Gasteiger partial charge in [-0.3, -0.25) is 0 Å². The van der Waals surface area contributed by atoms with E-state index in [1.54, 1.807) is 18.2 Å². The summed E-state index contributed by atoms with van der Waals surface area (Å²) in [7, 11) is -3.50. The van der Waals surface area contributed by atoms with E-state index in [1.807, 2.05) is 27.7 Å². The Morgan fingerprint density at radius 2 is 2.00 bits per heavy atom. The van der Waals surface area contributed by atoms with Crippen LogP contribution in [0.2, 0.25) is 0 Å². The van der Waals surface area contributed by atoms with Crippen molar-refractivity contribution in [2.75, 3.05) is 6.54 Å². The lowest BCUT2D eigenvalue weighted by Crippen LogP contribution is -2.37. The molecule has 3 N–H and O–H groups in total. The van der Waals surface area contributed by atoms with E-state index in [1.165, 1.54) is 0 Å². The Morgan fingerprint density at radius 3 is 2.48 bits per heavy atom. The van der Waals surface area contributed by atoms with Crippen LogP contribution in [0.5, 0.6) is 0 Å². The van der Waals surface area contributed by atoms with Gasteiger partial charge in [-0.15, -0.1) is 0 Å². The summed E-state index contributed by atoms with van der Waals surface area (Å²) in [6.07, 6.45) is 0.760. The monoisotopic (exact) mass is 308 g/mol. The first kappa shape index (κ1) is 17.7. The van der Waals surface area contributed by atoms with Crippen molar-refractivity contribution in [1.82, 2.24) is 4.72 Å². The second kappa shape index (κ2) is 7.60. The van der Waals surface area contributed by atoms with Crippen LogP contribution >= 0.6 is 0 Å². The lowest BCUT2D eigenvalue weighted by atomic mass is 10.0. The van der Waals surface area contributed by atoms with Crippen molar-refractivity contribution in [3.8, 4) is 11.8 Å². The van der Waals surface area contributed by atoms with Crippen LogP contribution in [0, 0.1) is 24.7 Å². The highest BCUT2D eigenvalue weighted by Crippen LogP contribution is 2.17. The highest BCUT2D eigenvalue weighted by Gasteiger charge is 2.21. The molecule has 0 fully saturated rings. The Morgan fingerprint density at radius 1 is 1.33 bits per heavy atom. The molecule has 0 aliphatic carbocycles. The van der Waals surface area contributed by atoms with Gasteiger partial charge in [0.15, 0.2) is 0 Å². The molecule has 0 aliphatic rings. The molecule has 0 bridgehead atoms. The zero-order valence-corrected chi connectivity index (χ0v) is 13.9. The van der Waals surface area contributed by atoms with Crippen LogP contribution in [0.3, 0.4) is 0 Å². The second-order valence-corrected chi connectivity index (χ2v) is 7.08. The maximum Gasteiger partial charge on any atom is 0.240 e. The van der Waals surface area contributed by atoms with Crippen molar-refractivity contribution in [3.05, 3.63) is 29.3 Å². The SMILES string of the molecule is CCC(NS(=O)(=O)c1ccc(C#CCN)c(C)c1)C(C)C. The number of nitrogens with one attached hydrogen (secondary N) is 1. The zero-order chi connectivity index (χ0) is 16.0. The van der Waals surface area contributed by atoms with Crippen molar-refractivity contribution in [2.24, 2.45) is 11.7 Å². The smallest absolute Gasteiger partial charge is 0.240 e. The fourth-order valence-electron chi connectivity index (χ4n) is 2.05. The molecule has 1 aromatic carbocycles. The lowest BCUT2D eigenvalue weighted by molar-refractivity contribution is 0.437. The molecule has 0 amide bonds. The minimum absolute atomic E-state index is 0.0629. The van der Waals surface area contributed by atoms with Gasteiger partial charge in [0.05, 0.1) is 11.4 Å². The molecular formula is C16H24N2O2S. The molecule has 116 valence electrons. The Hall–Kier alpha value is -1.35. The van der Waals surface area contributed by atoms with Crippen LogP contribution in [-0.2, 0) is 10.0 Å². The van der Waals surface area contributed by atoms with Gasteiger partial charge in [-0.25, -0.2) is 13.1 Å². The zero-order valence-electron chi connectivity index (χ0n) is 13.1. The van der Waals surface area contributed by atoms with Crippen molar-refractivity contribution in [3.63, 3.8) is 0 Å². The largest absolute Gasteiger partial charge is 0.320 e. The van der Waals surface area contributed by atoms with Gasteiger partial charge in [-0.05, 0) is 43.0 Å². The van der Waals surface area contributed by atoms with E-state index < -0.39 is 10.0 Å². The summed E-state index contributed by atoms with van der Waals surface area (Å²) in [6, 6.07) is 4.90. The minimum Gasteiger partial charge on any atom is -0.320 e. The number of sulfonamides is 1. The summed E-state index contributed by atoms with van der Waals surface area (Å²) in [4.78, 5) is 0.275. The molecule has 0 aromatic heterocycles. The van der Waals surface area contributed by atoms with Gasteiger partial charge in [0.1, 0.15) is 0 Å². The van der Waals surface area contributed by atoms with Crippen LogP contribution in [0.4, 0.5) is 0 Å². The molecule has 5 heteroatoms. The third kappa shape index (κ3) is 4.85. The first-order chi connectivity index (χ1) is 9.81. The molecule has 4 nitrogen and oxygen atoms in total. The fourth-order valence-corrected chi connectivity index (χ4v) is 3.60. The minimum atomic E-state index is -3.50. The maximum absolute atomic E-state index is 12.4. The molecular weight excluding hydrogens is 284 g/mol. The topological polar surface area (TPSA) is 72.2 Å². The highest BCUT2D eigenvalue weighted by atomic mass is 32.2. The maximum atomic E-state index is 12.4. The number of hydrogen-bond acceptors (Lipinski definition) is 3. The summed E-state index contributed by atoms with van der Waals surface area (Å²) in [6.45, 7) is 8.12. The summed E-state index contributed by atoms with van der Waals surface area (Å²) < 4.78 is 27.6. The summed E-state index contributed by atoms with van der Waals surface area (Å²) in [5, 5.41) is 0. The predicted molar refractivity (Wildman–Crippen MR) is 86.3 cm³/mol. The van der Waals surface area contributed by atoms with Crippen LogP contribution in [0.15, 0.2) is 23.1 Å². The quantitative estimate of drug-likeness (QED) is 0.817. The van der Waals surface area contributed by atoms with Gasteiger partial charge in [0.25, 0.3) is 0 Å². The average molecular weight is 308 g/mol. The van der Waals surface area contributed by atoms with Gasteiger partial charge < -0.3 is 5.73 Å². The third-order valence-electron chi connectivity index (χ3n) is 3.38. The Balaban J connectivity index is 3.07. The van der Waals surface area contributed by atoms with E-state index in [4.69, 9.17) is 5.73 Å². The lowest BCUT2D eigenvalue weighted by Gasteiger charge is -2.20. The number of benzene rings is 1. The molecule has 0 heterocycles. The van der Waals surface area contributed by atoms with Crippen LogP contribution in [-0.4, -0.2) is 21.0 Å². The van der Waals surface area contributed by atoms with Crippen LogP contribution in [0.1, 0.15) is 38.3 Å². The summed E-state index contributed by atoms with van der Waals surface area (Å²) in [5.41, 5.74) is 6.98. The first-order valence-electron chi connectivity index (χ1n) is 7.13. The molecule has 0 spiro atoms. The van der Waals surface area contributed by atoms with Crippen LogP contribution < -0.4 is 10.5 Å². The normalized spacial score (nSPS) is 12.9. The van der Waals surface area contributed by atoms with E-state index >= 15 is 0 Å². The molecule has 0 aliphatic heterocycles. The second-order valence-electron chi connectivity index (χ2n) is 5.36. The number of hydrogen-bond donors (Lipinski definition) is 2. The molecule has 1 aromatic rings. The van der Waals surface area contributed by atoms with Gasteiger partial charge in [0, 0.05) is 11.6 Å². The molecule has 1 unspecified atom stereocenters. The molecule has 0 saturated heterocycles. The molecule has 1 atom stereocenters. The number of rotatable bonds is 5. The van der Waals surface area contributed by atoms with Crippen molar-refractivity contribution in [1.29, 1.82) is 0 Å². The van der Waals surface area contributed by atoms with Gasteiger partial charge >= 0.3 is 0 Å². The molecule has 21 heavy (non-hydrogen) atoms. The van der Waals surface area contributed by atoms with E-state index in [0.29, 0.717) is 0 Å². The standard InChI is InChI=1S/C16H24N2O2S/c1-5-16(12(2)3)18-21(19,20)15-9-8-14(7-6-10-17)13(4)11-15/h8-9,11-12,16,18H,5,10,17H2,1-4H3. The summed E-state index contributed by atoms with van der Waals surface area (Å²) >= 11 is 0. The van der Waals surface area contributed by atoms with E-state index in [2.05, 4.69) is 16.6 Å². The Bertz CT molecular complexity index is 640. The number of aryl methyl sites for hydroxylation is 1. The van der Waals surface area contributed by atoms with Crippen molar-refractivity contribution < 1.29 is 8.42 Å². The third-order valence-corrected chi connectivity index (χ3v) is 4.87. The first-order valence-corrected chi connectivity index (χ1v) is 8.62. The van der Waals surface area contributed by atoms with Gasteiger partial charge in [-0.2, -0.15) is 0 Å². The average Bonchev–Trinajstić information content (AvgIpc) is 2.43. The van der Waals surface area contributed by atoms with E-state index in [-0.39, 0.29) is 23.4 Å². The molecule has 0 radical (unpaired) electrons. The summed E-state index contributed by atoms with van der Waals surface area (Å²) in [5.74, 6) is 5.95. The Kier molecular flexibility index (Phi) is 6.41. The van der Waals surface area contributed by atoms with Crippen molar-refractivity contribution in [2.45, 2.75) is 45.1 Å². The molecule has 1 rings (SSSR count). The van der Waals surface area contributed by atoms with Gasteiger partial charge in [0.2, 0.25) is 10.0 Å².